The van der Waals surface area contributed by atoms with Gasteiger partial charge in [0.1, 0.15) is 5.69 Å². The van der Waals surface area contributed by atoms with E-state index >= 15 is 0 Å². The number of aryl methyl sites for hydroxylation is 2. The maximum Gasteiger partial charge on any atom is 0.271 e. The summed E-state index contributed by atoms with van der Waals surface area (Å²) in [6.45, 7) is 4.54. The maximum atomic E-state index is 12.8. The molecule has 26 heavy (non-hydrogen) atoms. The molecule has 7 nitrogen and oxygen atoms in total. The van der Waals surface area contributed by atoms with E-state index < -0.39 is 5.92 Å². The van der Waals surface area contributed by atoms with Gasteiger partial charge in [0.05, 0.1) is 11.6 Å². The number of aliphatic hydroxyl groups excluding tert-OH is 1. The highest BCUT2D eigenvalue weighted by Crippen LogP contribution is 2.27. The Morgan fingerprint density at radius 3 is 2.77 bits per heavy atom. The lowest BCUT2D eigenvalue weighted by Crippen LogP contribution is -2.34. The predicted molar refractivity (Wildman–Crippen MR) is 97.5 cm³/mol. The number of hydrogen-bond donors (Lipinski definition) is 3. The summed E-state index contributed by atoms with van der Waals surface area (Å²) in [7, 11) is 1.56. The minimum atomic E-state index is -0.393. The zero-order valence-corrected chi connectivity index (χ0v) is 15.2. The van der Waals surface area contributed by atoms with Crippen LogP contribution in [-0.2, 0) is 4.79 Å². The van der Waals surface area contributed by atoms with Crippen LogP contribution in [0.3, 0.4) is 0 Å². The molecule has 2 heterocycles. The van der Waals surface area contributed by atoms with Gasteiger partial charge in [0.15, 0.2) is 0 Å². The smallest absolute Gasteiger partial charge is 0.271 e. The van der Waals surface area contributed by atoms with Gasteiger partial charge in [-0.05, 0) is 31.5 Å². The van der Waals surface area contributed by atoms with Crippen LogP contribution in [0.2, 0.25) is 0 Å². The Hall–Kier alpha value is -2.67. The Morgan fingerprint density at radius 2 is 2.08 bits per heavy atom. The minimum absolute atomic E-state index is 0.126. The Labute approximate surface area is 152 Å². The van der Waals surface area contributed by atoms with Crippen LogP contribution in [0.25, 0.3) is 11.3 Å². The van der Waals surface area contributed by atoms with Crippen molar-refractivity contribution >= 4 is 11.8 Å². The van der Waals surface area contributed by atoms with Crippen molar-refractivity contribution in [3.8, 4) is 11.3 Å². The molecule has 0 unspecified atom stereocenters. The molecule has 2 amide bonds. The first-order valence-electron chi connectivity index (χ1n) is 8.69. The summed E-state index contributed by atoms with van der Waals surface area (Å²) in [4.78, 5) is 26.4. The van der Waals surface area contributed by atoms with E-state index in [1.165, 1.54) is 0 Å². The molecule has 0 saturated carbocycles. The number of H-pyrrole nitrogens is 1. The first-order valence-corrected chi connectivity index (χ1v) is 8.69. The molecule has 1 aromatic heterocycles. The average Bonchev–Trinajstić information content (AvgIpc) is 3.29. The number of benzene rings is 1. The van der Waals surface area contributed by atoms with Crippen LogP contribution in [0, 0.1) is 25.7 Å². The van der Waals surface area contributed by atoms with Gasteiger partial charge in [-0.2, -0.15) is 5.10 Å². The van der Waals surface area contributed by atoms with Crippen molar-refractivity contribution in [2.24, 2.45) is 11.8 Å². The number of amides is 2. The second-order valence-electron chi connectivity index (χ2n) is 6.86. The fourth-order valence-corrected chi connectivity index (χ4v) is 3.46. The van der Waals surface area contributed by atoms with Crippen molar-refractivity contribution in [1.82, 2.24) is 20.4 Å². The van der Waals surface area contributed by atoms with E-state index in [1.807, 2.05) is 32.0 Å². The van der Waals surface area contributed by atoms with Gasteiger partial charge in [-0.25, -0.2) is 0 Å². The Kier molecular flexibility index (Phi) is 5.08. The summed E-state index contributed by atoms with van der Waals surface area (Å²) in [6.07, 6.45) is 0. The van der Waals surface area contributed by atoms with Crippen molar-refractivity contribution in [2.75, 3.05) is 26.7 Å². The number of carbonyl (C=O) groups is 2. The third kappa shape index (κ3) is 3.35. The van der Waals surface area contributed by atoms with Gasteiger partial charge in [-0.3, -0.25) is 14.7 Å². The molecule has 1 aromatic carbocycles. The largest absolute Gasteiger partial charge is 0.396 e. The van der Waals surface area contributed by atoms with Gasteiger partial charge in [-0.15, -0.1) is 0 Å². The first kappa shape index (κ1) is 18.1. The summed E-state index contributed by atoms with van der Waals surface area (Å²) >= 11 is 0. The fraction of sp³-hybridized carbons (Fsp3) is 0.421. The number of likely N-dealkylation sites (tertiary alicyclic amines) is 1. The average molecular weight is 356 g/mol. The Balaban J connectivity index is 1.80. The van der Waals surface area contributed by atoms with Gasteiger partial charge < -0.3 is 15.3 Å². The molecule has 0 radical (unpaired) electrons. The van der Waals surface area contributed by atoms with Crippen LogP contribution < -0.4 is 5.32 Å². The highest BCUT2D eigenvalue weighted by molar-refractivity contribution is 5.94. The van der Waals surface area contributed by atoms with Gasteiger partial charge in [0, 0.05) is 38.2 Å². The molecule has 1 aliphatic rings. The third-order valence-corrected chi connectivity index (χ3v) is 5.02. The Morgan fingerprint density at radius 1 is 1.31 bits per heavy atom. The summed E-state index contributed by atoms with van der Waals surface area (Å²) in [6, 6.07) is 7.85. The minimum Gasteiger partial charge on any atom is -0.396 e. The number of carbonyl (C=O) groups excluding carboxylic acids is 2. The van der Waals surface area contributed by atoms with Gasteiger partial charge in [0.2, 0.25) is 5.91 Å². The lowest BCUT2D eigenvalue weighted by molar-refractivity contribution is -0.125. The molecule has 3 N–H and O–H groups in total. The van der Waals surface area contributed by atoms with Crippen LogP contribution in [-0.4, -0.2) is 58.8 Å². The summed E-state index contributed by atoms with van der Waals surface area (Å²) in [5, 5.41) is 19.2. The van der Waals surface area contributed by atoms with E-state index in [4.69, 9.17) is 0 Å². The lowest BCUT2D eigenvalue weighted by atomic mass is 9.96. The quantitative estimate of drug-likeness (QED) is 0.764. The van der Waals surface area contributed by atoms with Crippen molar-refractivity contribution in [3.63, 3.8) is 0 Å². The zero-order valence-electron chi connectivity index (χ0n) is 15.2. The number of nitrogens with zero attached hydrogens (tertiary/aromatic N) is 2. The number of aromatic amines is 1. The molecular formula is C19H24N4O3. The van der Waals surface area contributed by atoms with E-state index in [0.717, 1.165) is 22.4 Å². The van der Waals surface area contributed by atoms with Gasteiger partial charge >= 0.3 is 0 Å². The molecule has 2 aromatic rings. The van der Waals surface area contributed by atoms with Gasteiger partial charge in [-0.1, -0.05) is 17.7 Å². The maximum absolute atomic E-state index is 12.8. The molecular weight excluding hydrogens is 332 g/mol. The molecule has 1 aliphatic heterocycles. The van der Waals surface area contributed by atoms with Crippen LogP contribution >= 0.6 is 0 Å². The molecule has 138 valence electrons. The fourth-order valence-electron chi connectivity index (χ4n) is 3.46. The van der Waals surface area contributed by atoms with Crippen molar-refractivity contribution in [1.29, 1.82) is 0 Å². The molecule has 0 bridgehead atoms. The second kappa shape index (κ2) is 7.29. The number of aliphatic hydroxyl groups is 1. The van der Waals surface area contributed by atoms with Crippen LogP contribution in [0.4, 0.5) is 0 Å². The molecule has 3 rings (SSSR count). The van der Waals surface area contributed by atoms with E-state index in [9.17, 15) is 14.7 Å². The van der Waals surface area contributed by atoms with E-state index in [-0.39, 0.29) is 24.3 Å². The first-order chi connectivity index (χ1) is 12.4. The van der Waals surface area contributed by atoms with Crippen molar-refractivity contribution in [3.05, 3.63) is 41.1 Å². The number of rotatable bonds is 4. The number of aromatic nitrogens is 2. The molecule has 7 heteroatoms. The summed E-state index contributed by atoms with van der Waals surface area (Å²) < 4.78 is 0. The SMILES string of the molecule is CNC(=O)[C@@H]1CN(C(=O)c2cc(-c3cc(C)ccc3C)n[nH]2)C[C@H]1CO. The zero-order chi connectivity index (χ0) is 18.8. The monoisotopic (exact) mass is 356 g/mol. The molecule has 1 saturated heterocycles. The summed E-state index contributed by atoms with van der Waals surface area (Å²) in [5.41, 5.74) is 4.30. The van der Waals surface area contributed by atoms with Crippen LogP contribution in [0.1, 0.15) is 21.6 Å². The normalized spacial score (nSPS) is 19.6. The van der Waals surface area contributed by atoms with E-state index in [1.54, 1.807) is 18.0 Å². The number of nitrogens with one attached hydrogen (secondary N) is 2. The van der Waals surface area contributed by atoms with E-state index in [0.29, 0.717) is 18.8 Å². The topological polar surface area (TPSA) is 98.3 Å². The lowest BCUT2D eigenvalue weighted by Gasteiger charge is -2.14. The highest BCUT2D eigenvalue weighted by atomic mass is 16.3. The van der Waals surface area contributed by atoms with Crippen LogP contribution in [0.5, 0.6) is 0 Å². The Bertz CT molecular complexity index is 830. The molecule has 2 atom stereocenters. The molecule has 1 fully saturated rings. The standard InChI is InChI=1S/C19H24N4O3/c1-11-4-5-12(2)14(6-11)16-7-17(22-21-16)19(26)23-8-13(10-24)15(9-23)18(25)20-3/h4-7,13,15,24H,8-10H2,1-3H3,(H,20,25)(H,21,22)/t13-,15+/m0/s1. The van der Waals surface area contributed by atoms with E-state index in [2.05, 4.69) is 15.5 Å². The third-order valence-electron chi connectivity index (χ3n) is 5.02. The van der Waals surface area contributed by atoms with Crippen molar-refractivity contribution in [2.45, 2.75) is 13.8 Å². The molecule has 0 aliphatic carbocycles. The number of hydrogen-bond acceptors (Lipinski definition) is 4. The van der Waals surface area contributed by atoms with Crippen LogP contribution in [0.15, 0.2) is 24.3 Å². The van der Waals surface area contributed by atoms with Crippen molar-refractivity contribution < 1.29 is 14.7 Å². The highest BCUT2D eigenvalue weighted by Gasteiger charge is 2.39. The predicted octanol–water partition coefficient (Wildman–Crippen LogP) is 1.12. The second-order valence-corrected chi connectivity index (χ2v) is 6.86. The molecule has 0 spiro atoms. The van der Waals surface area contributed by atoms with Gasteiger partial charge in [0.25, 0.3) is 5.91 Å². The summed E-state index contributed by atoms with van der Waals surface area (Å²) in [5.74, 6) is -1.00.